The highest BCUT2D eigenvalue weighted by molar-refractivity contribution is 5.97. The fourth-order valence-electron chi connectivity index (χ4n) is 2.98. The second-order valence-electron chi connectivity index (χ2n) is 5.93. The minimum Gasteiger partial charge on any atom is -0.488 e. The normalized spacial score (nSPS) is 15.0. The van der Waals surface area contributed by atoms with Crippen molar-refractivity contribution in [2.45, 2.75) is 13.2 Å². The maximum absolute atomic E-state index is 5.92. The second kappa shape index (κ2) is 6.59. The third-order valence-electron chi connectivity index (χ3n) is 4.10. The highest BCUT2D eigenvalue weighted by Crippen LogP contribution is 2.33. The number of hydrogen-bond acceptors (Lipinski definition) is 4. The lowest BCUT2D eigenvalue weighted by Crippen LogP contribution is -2.18. The van der Waals surface area contributed by atoms with Crippen molar-refractivity contribution < 1.29 is 14.2 Å². The van der Waals surface area contributed by atoms with E-state index in [4.69, 9.17) is 14.2 Å². The summed E-state index contributed by atoms with van der Waals surface area (Å²) in [6, 6.07) is 14.6. The standard InChI is InChI=1S/C20H19NO3/c1-14-8-16(12-21-11-14)19-10-17(24-13-20-22-6-7-23-20)9-15-4-2-3-5-18(15)19/h2-5,8-12,20H,6-7,13H2,1H3. The molecule has 0 amide bonds. The van der Waals surface area contributed by atoms with Gasteiger partial charge in [0.05, 0.1) is 13.2 Å². The fourth-order valence-corrected chi connectivity index (χ4v) is 2.98. The summed E-state index contributed by atoms with van der Waals surface area (Å²) in [5.74, 6) is 0.810. The van der Waals surface area contributed by atoms with Crippen LogP contribution in [0.25, 0.3) is 21.9 Å². The topological polar surface area (TPSA) is 40.6 Å². The summed E-state index contributed by atoms with van der Waals surface area (Å²) in [6.45, 7) is 3.70. The first-order valence-corrected chi connectivity index (χ1v) is 8.10. The molecule has 2 aromatic carbocycles. The zero-order chi connectivity index (χ0) is 16.4. The maximum atomic E-state index is 5.92. The Morgan fingerprint density at radius 1 is 1.08 bits per heavy atom. The molecule has 0 bridgehead atoms. The monoisotopic (exact) mass is 321 g/mol. The molecule has 0 atom stereocenters. The second-order valence-corrected chi connectivity index (χ2v) is 5.93. The van der Waals surface area contributed by atoms with Gasteiger partial charge >= 0.3 is 0 Å². The average molecular weight is 321 g/mol. The molecule has 1 aliphatic heterocycles. The Bertz CT molecular complexity index is 856. The van der Waals surface area contributed by atoms with Gasteiger partial charge in [-0.1, -0.05) is 24.3 Å². The Balaban J connectivity index is 1.73. The molecule has 0 N–H and O–H groups in total. The maximum Gasteiger partial charge on any atom is 0.191 e. The van der Waals surface area contributed by atoms with Crippen molar-refractivity contribution in [3.8, 4) is 16.9 Å². The fraction of sp³-hybridized carbons (Fsp3) is 0.250. The van der Waals surface area contributed by atoms with E-state index in [1.807, 2.05) is 25.4 Å². The number of ether oxygens (including phenoxy) is 3. The Hall–Kier alpha value is -2.43. The molecule has 0 spiro atoms. The molecule has 4 rings (SSSR count). The number of aromatic nitrogens is 1. The third kappa shape index (κ3) is 3.11. The lowest BCUT2D eigenvalue weighted by Gasteiger charge is -2.14. The van der Waals surface area contributed by atoms with E-state index in [1.54, 1.807) is 0 Å². The number of aryl methyl sites for hydroxylation is 1. The molecular weight excluding hydrogens is 302 g/mol. The van der Waals surface area contributed by atoms with Crippen LogP contribution in [-0.4, -0.2) is 31.1 Å². The van der Waals surface area contributed by atoms with Crippen LogP contribution in [0.5, 0.6) is 5.75 Å². The van der Waals surface area contributed by atoms with Crippen LogP contribution in [0.2, 0.25) is 0 Å². The van der Waals surface area contributed by atoms with Crippen molar-refractivity contribution in [1.29, 1.82) is 0 Å². The molecule has 1 fully saturated rings. The van der Waals surface area contributed by atoms with E-state index in [1.165, 1.54) is 5.39 Å². The minimum atomic E-state index is -0.277. The number of fused-ring (bicyclic) bond motifs is 1. The molecule has 0 radical (unpaired) electrons. The van der Waals surface area contributed by atoms with Gasteiger partial charge < -0.3 is 14.2 Å². The lowest BCUT2D eigenvalue weighted by atomic mass is 9.98. The molecule has 4 nitrogen and oxygen atoms in total. The van der Waals surface area contributed by atoms with Crippen molar-refractivity contribution in [2.24, 2.45) is 0 Å². The summed E-state index contributed by atoms with van der Waals surface area (Å²) >= 11 is 0. The summed E-state index contributed by atoms with van der Waals surface area (Å²) in [4.78, 5) is 4.33. The van der Waals surface area contributed by atoms with Crippen LogP contribution >= 0.6 is 0 Å². The van der Waals surface area contributed by atoms with Gasteiger partial charge in [0.15, 0.2) is 6.29 Å². The van der Waals surface area contributed by atoms with Crippen LogP contribution in [0.3, 0.4) is 0 Å². The molecule has 1 aliphatic rings. The predicted molar refractivity (Wildman–Crippen MR) is 93.1 cm³/mol. The van der Waals surface area contributed by atoms with Gasteiger partial charge in [-0.2, -0.15) is 0 Å². The minimum absolute atomic E-state index is 0.277. The Kier molecular flexibility index (Phi) is 4.15. The van der Waals surface area contributed by atoms with Crippen LogP contribution in [0.4, 0.5) is 0 Å². The Morgan fingerprint density at radius 3 is 2.75 bits per heavy atom. The third-order valence-corrected chi connectivity index (χ3v) is 4.10. The first-order valence-electron chi connectivity index (χ1n) is 8.10. The zero-order valence-corrected chi connectivity index (χ0v) is 13.6. The van der Waals surface area contributed by atoms with Gasteiger partial charge in [0.1, 0.15) is 12.4 Å². The molecule has 2 heterocycles. The van der Waals surface area contributed by atoms with E-state index < -0.39 is 0 Å². The first kappa shape index (κ1) is 15.1. The van der Waals surface area contributed by atoms with Crippen LogP contribution in [-0.2, 0) is 9.47 Å². The number of nitrogens with zero attached hydrogens (tertiary/aromatic N) is 1. The van der Waals surface area contributed by atoms with Crippen LogP contribution in [0.15, 0.2) is 54.9 Å². The smallest absolute Gasteiger partial charge is 0.191 e. The van der Waals surface area contributed by atoms with Gasteiger partial charge in [-0.3, -0.25) is 4.98 Å². The summed E-state index contributed by atoms with van der Waals surface area (Å²) in [6.07, 6.45) is 3.48. The van der Waals surface area contributed by atoms with Crippen molar-refractivity contribution in [3.63, 3.8) is 0 Å². The summed E-state index contributed by atoms with van der Waals surface area (Å²) < 4.78 is 16.8. The van der Waals surface area contributed by atoms with Crippen molar-refractivity contribution in [2.75, 3.05) is 19.8 Å². The van der Waals surface area contributed by atoms with Gasteiger partial charge in [-0.05, 0) is 47.0 Å². The van der Waals surface area contributed by atoms with Crippen LogP contribution in [0.1, 0.15) is 5.56 Å². The van der Waals surface area contributed by atoms with E-state index in [0.717, 1.165) is 27.8 Å². The van der Waals surface area contributed by atoms with Crippen LogP contribution in [0, 0.1) is 6.92 Å². The Labute approximate surface area is 141 Å². The molecule has 3 aromatic rings. The number of benzene rings is 2. The highest BCUT2D eigenvalue weighted by Gasteiger charge is 2.17. The van der Waals surface area contributed by atoms with E-state index in [2.05, 4.69) is 41.4 Å². The average Bonchev–Trinajstić information content (AvgIpc) is 3.13. The molecule has 0 saturated carbocycles. The van der Waals surface area contributed by atoms with E-state index in [-0.39, 0.29) is 6.29 Å². The van der Waals surface area contributed by atoms with Gasteiger partial charge in [0.25, 0.3) is 0 Å². The predicted octanol–water partition coefficient (Wildman–Crippen LogP) is 3.96. The zero-order valence-electron chi connectivity index (χ0n) is 13.6. The van der Waals surface area contributed by atoms with Crippen molar-refractivity contribution in [1.82, 2.24) is 4.98 Å². The van der Waals surface area contributed by atoms with E-state index in [0.29, 0.717) is 19.8 Å². The van der Waals surface area contributed by atoms with Gasteiger partial charge in [-0.15, -0.1) is 0 Å². The largest absolute Gasteiger partial charge is 0.488 e. The van der Waals surface area contributed by atoms with Crippen molar-refractivity contribution in [3.05, 3.63) is 60.4 Å². The molecule has 4 heteroatoms. The van der Waals surface area contributed by atoms with Crippen molar-refractivity contribution >= 4 is 10.8 Å². The van der Waals surface area contributed by atoms with E-state index >= 15 is 0 Å². The van der Waals surface area contributed by atoms with E-state index in [9.17, 15) is 0 Å². The molecule has 1 aromatic heterocycles. The quantitative estimate of drug-likeness (QED) is 0.729. The number of hydrogen-bond donors (Lipinski definition) is 0. The summed E-state index contributed by atoms with van der Waals surface area (Å²) in [5.41, 5.74) is 3.34. The molecule has 1 saturated heterocycles. The highest BCUT2D eigenvalue weighted by atomic mass is 16.7. The van der Waals surface area contributed by atoms with Gasteiger partial charge in [-0.25, -0.2) is 0 Å². The number of pyridine rings is 1. The molecule has 0 unspecified atom stereocenters. The summed E-state index contributed by atoms with van der Waals surface area (Å²) in [5, 5.41) is 2.32. The molecule has 0 aliphatic carbocycles. The van der Waals surface area contributed by atoms with Gasteiger partial charge in [0, 0.05) is 18.0 Å². The summed E-state index contributed by atoms with van der Waals surface area (Å²) in [7, 11) is 0. The molecular formula is C20H19NO3. The molecule has 122 valence electrons. The molecule has 24 heavy (non-hydrogen) atoms. The Morgan fingerprint density at radius 2 is 1.92 bits per heavy atom. The lowest BCUT2D eigenvalue weighted by molar-refractivity contribution is -0.0683. The first-order chi connectivity index (χ1) is 11.8. The number of rotatable bonds is 4. The van der Waals surface area contributed by atoms with Gasteiger partial charge in [0.2, 0.25) is 0 Å². The van der Waals surface area contributed by atoms with Crippen LogP contribution < -0.4 is 4.74 Å². The SMILES string of the molecule is Cc1cncc(-c2cc(OCC3OCCO3)cc3ccccc23)c1.